The van der Waals surface area contributed by atoms with Gasteiger partial charge in [0, 0.05) is 6.54 Å². The number of ether oxygens (including phenoxy) is 1. The highest BCUT2D eigenvalue weighted by Crippen LogP contribution is 2.18. The van der Waals surface area contributed by atoms with Gasteiger partial charge >= 0.3 is 0 Å². The smallest absolute Gasteiger partial charge is 0.235 e. The minimum Gasteiger partial charge on any atom is -0.497 e. The minimum absolute atomic E-state index is 0.00237. The summed E-state index contributed by atoms with van der Waals surface area (Å²) in [6.45, 7) is 2.58. The fourth-order valence-corrected chi connectivity index (χ4v) is 1.57. The van der Waals surface area contributed by atoms with E-state index >= 15 is 0 Å². The third-order valence-electron chi connectivity index (χ3n) is 2.39. The van der Waals surface area contributed by atoms with Gasteiger partial charge in [-0.05, 0) is 29.7 Å². The quantitative estimate of drug-likeness (QED) is 0.802. The van der Waals surface area contributed by atoms with Crippen LogP contribution < -0.4 is 10.1 Å². The number of carbonyl (C=O) groups is 1. The molecule has 0 aliphatic carbocycles. The first kappa shape index (κ1) is 12.8. The number of halogens is 1. The van der Waals surface area contributed by atoms with Crippen LogP contribution in [0.3, 0.4) is 0 Å². The van der Waals surface area contributed by atoms with Gasteiger partial charge in [0.25, 0.3) is 0 Å². The topological polar surface area (TPSA) is 38.3 Å². The van der Waals surface area contributed by atoms with Crippen LogP contribution in [-0.4, -0.2) is 18.9 Å². The molecule has 1 aromatic carbocycles. The highest BCUT2D eigenvalue weighted by Gasteiger charge is 2.04. The molecule has 1 rings (SSSR count). The van der Waals surface area contributed by atoms with Crippen LogP contribution in [0.4, 0.5) is 0 Å². The number of methoxy groups -OCH3 is 1. The number of rotatable bonds is 5. The molecule has 0 heterocycles. The van der Waals surface area contributed by atoms with Gasteiger partial charge in [-0.15, -0.1) is 11.6 Å². The predicted octanol–water partition coefficient (Wildman–Crippen LogP) is 2.11. The average Bonchev–Trinajstić information content (AvgIpc) is 2.35. The van der Waals surface area contributed by atoms with Gasteiger partial charge in [-0.3, -0.25) is 4.79 Å². The van der Waals surface area contributed by atoms with Crippen LogP contribution in [0, 0.1) is 0 Å². The summed E-state index contributed by atoms with van der Waals surface area (Å²) in [5.74, 6) is 0.682. The second kappa shape index (κ2) is 6.38. The summed E-state index contributed by atoms with van der Waals surface area (Å²) < 4.78 is 5.15. The number of alkyl halides is 1. The van der Waals surface area contributed by atoms with E-state index in [9.17, 15) is 4.79 Å². The number of carbonyl (C=O) groups excluding carboxylic acids is 1. The molecule has 0 unspecified atom stereocenters. The molecule has 0 saturated carbocycles. The van der Waals surface area contributed by atoms with E-state index < -0.39 is 0 Å². The minimum atomic E-state index is -0.153. The fraction of sp³-hybridized carbons (Fsp3) is 0.417. The molecule has 0 radical (unpaired) electrons. The Labute approximate surface area is 101 Å². The van der Waals surface area contributed by atoms with Crippen molar-refractivity contribution in [1.29, 1.82) is 0 Å². The Morgan fingerprint density at radius 2 is 2.19 bits per heavy atom. The van der Waals surface area contributed by atoms with Gasteiger partial charge in [-0.2, -0.15) is 0 Å². The van der Waals surface area contributed by atoms with Crippen LogP contribution in [0.5, 0.6) is 5.75 Å². The molecule has 0 aliphatic rings. The zero-order chi connectivity index (χ0) is 12.0. The largest absolute Gasteiger partial charge is 0.497 e. The number of benzene rings is 1. The summed E-state index contributed by atoms with van der Waals surface area (Å²) in [7, 11) is 1.64. The third kappa shape index (κ3) is 3.42. The van der Waals surface area contributed by atoms with Gasteiger partial charge in [0.2, 0.25) is 5.91 Å². The zero-order valence-electron chi connectivity index (χ0n) is 9.55. The Morgan fingerprint density at radius 1 is 1.44 bits per heavy atom. The van der Waals surface area contributed by atoms with E-state index in [1.807, 2.05) is 18.2 Å². The number of hydrogen-bond acceptors (Lipinski definition) is 2. The summed E-state index contributed by atoms with van der Waals surface area (Å²) in [4.78, 5) is 11.0. The molecule has 4 heteroatoms. The molecule has 0 atom stereocenters. The van der Waals surface area contributed by atoms with Gasteiger partial charge in [-0.25, -0.2) is 0 Å². The van der Waals surface area contributed by atoms with Crippen molar-refractivity contribution in [3.05, 3.63) is 29.3 Å². The lowest BCUT2D eigenvalue weighted by molar-refractivity contribution is -0.118. The first-order chi connectivity index (χ1) is 7.71. The van der Waals surface area contributed by atoms with Crippen molar-refractivity contribution in [1.82, 2.24) is 5.32 Å². The maximum atomic E-state index is 11.0. The molecule has 0 saturated heterocycles. The van der Waals surface area contributed by atoms with E-state index in [0.717, 1.165) is 17.7 Å². The Morgan fingerprint density at radius 3 is 2.75 bits per heavy atom. The Bertz CT molecular complexity index is 366. The summed E-state index contributed by atoms with van der Waals surface area (Å²) in [6.07, 6.45) is 0.906. The van der Waals surface area contributed by atoms with Gasteiger partial charge in [0.05, 0.1) is 7.11 Å². The van der Waals surface area contributed by atoms with Crippen molar-refractivity contribution in [2.45, 2.75) is 19.9 Å². The summed E-state index contributed by atoms with van der Waals surface area (Å²) in [5, 5.41) is 2.75. The monoisotopic (exact) mass is 241 g/mol. The van der Waals surface area contributed by atoms with Crippen LogP contribution in [0.2, 0.25) is 0 Å². The lowest BCUT2D eigenvalue weighted by atomic mass is 10.0. The number of hydrogen-bond donors (Lipinski definition) is 1. The summed E-state index contributed by atoms with van der Waals surface area (Å²) >= 11 is 5.41. The molecule has 0 aliphatic heterocycles. The lowest BCUT2D eigenvalue weighted by Crippen LogP contribution is -2.24. The van der Waals surface area contributed by atoms with Crippen molar-refractivity contribution in [3.8, 4) is 5.75 Å². The second-order valence-corrected chi connectivity index (χ2v) is 3.67. The molecule has 0 bridgehead atoms. The van der Waals surface area contributed by atoms with Gasteiger partial charge in [-0.1, -0.05) is 13.0 Å². The highest BCUT2D eigenvalue weighted by molar-refractivity contribution is 6.27. The van der Waals surface area contributed by atoms with Crippen LogP contribution >= 0.6 is 11.6 Å². The molecule has 88 valence electrons. The maximum Gasteiger partial charge on any atom is 0.235 e. The van der Waals surface area contributed by atoms with Crippen molar-refractivity contribution >= 4 is 17.5 Å². The first-order valence-corrected chi connectivity index (χ1v) is 5.73. The number of aryl methyl sites for hydroxylation is 1. The van der Waals surface area contributed by atoms with Crippen LogP contribution in [0.1, 0.15) is 18.1 Å². The molecule has 0 spiro atoms. The standard InChI is InChI=1S/C12H16ClNO2/c1-3-9-6-11(16-2)5-4-10(9)8-14-12(15)7-13/h4-6H,3,7-8H2,1-2H3,(H,14,15). The van der Waals surface area contributed by atoms with Gasteiger partial charge < -0.3 is 10.1 Å². The van der Waals surface area contributed by atoms with E-state index in [1.54, 1.807) is 7.11 Å². The molecular formula is C12H16ClNO2. The SMILES string of the molecule is CCc1cc(OC)ccc1CNC(=O)CCl. The number of amides is 1. The van der Waals surface area contributed by atoms with Crippen molar-refractivity contribution in [2.75, 3.05) is 13.0 Å². The maximum absolute atomic E-state index is 11.0. The molecule has 1 N–H and O–H groups in total. The van der Waals surface area contributed by atoms with E-state index in [4.69, 9.17) is 16.3 Å². The molecule has 0 aromatic heterocycles. The Balaban J connectivity index is 2.75. The van der Waals surface area contributed by atoms with E-state index in [0.29, 0.717) is 6.54 Å². The van der Waals surface area contributed by atoms with Crippen LogP contribution in [-0.2, 0) is 17.8 Å². The second-order valence-electron chi connectivity index (χ2n) is 3.40. The van der Waals surface area contributed by atoms with Crippen molar-refractivity contribution in [2.24, 2.45) is 0 Å². The normalized spacial score (nSPS) is 9.94. The third-order valence-corrected chi connectivity index (χ3v) is 2.63. The van der Waals surface area contributed by atoms with Gasteiger partial charge in [0.15, 0.2) is 0 Å². The summed E-state index contributed by atoms with van der Waals surface area (Å²) in [5.41, 5.74) is 2.27. The fourth-order valence-electron chi connectivity index (χ4n) is 1.47. The van der Waals surface area contributed by atoms with Gasteiger partial charge in [0.1, 0.15) is 11.6 Å². The van der Waals surface area contributed by atoms with Crippen molar-refractivity contribution in [3.63, 3.8) is 0 Å². The molecule has 1 amide bonds. The van der Waals surface area contributed by atoms with Crippen molar-refractivity contribution < 1.29 is 9.53 Å². The Kier molecular flexibility index (Phi) is 5.12. The molecule has 1 aromatic rings. The average molecular weight is 242 g/mol. The highest BCUT2D eigenvalue weighted by atomic mass is 35.5. The first-order valence-electron chi connectivity index (χ1n) is 5.19. The van der Waals surface area contributed by atoms with Crippen LogP contribution in [0.25, 0.3) is 0 Å². The summed E-state index contributed by atoms with van der Waals surface area (Å²) in [6, 6.07) is 5.84. The molecule has 0 fully saturated rings. The van der Waals surface area contributed by atoms with E-state index in [1.165, 1.54) is 5.56 Å². The lowest BCUT2D eigenvalue weighted by Gasteiger charge is -2.10. The predicted molar refractivity (Wildman–Crippen MR) is 64.9 cm³/mol. The zero-order valence-corrected chi connectivity index (χ0v) is 10.3. The molecular weight excluding hydrogens is 226 g/mol. The van der Waals surface area contributed by atoms with Crippen LogP contribution in [0.15, 0.2) is 18.2 Å². The Hall–Kier alpha value is -1.22. The molecule has 3 nitrogen and oxygen atoms in total. The van der Waals surface area contributed by atoms with E-state index in [-0.39, 0.29) is 11.8 Å². The van der Waals surface area contributed by atoms with E-state index in [2.05, 4.69) is 12.2 Å². The number of nitrogens with one attached hydrogen (secondary N) is 1. The molecule has 16 heavy (non-hydrogen) atoms.